The first kappa shape index (κ1) is 21.1. The van der Waals surface area contributed by atoms with Crippen molar-refractivity contribution in [1.29, 1.82) is 0 Å². The summed E-state index contributed by atoms with van der Waals surface area (Å²) in [6.07, 6.45) is 2.50. The van der Waals surface area contributed by atoms with E-state index in [0.29, 0.717) is 23.8 Å². The van der Waals surface area contributed by atoms with Gasteiger partial charge in [0.2, 0.25) is 0 Å². The Morgan fingerprint density at radius 3 is 2.53 bits per heavy atom. The third-order valence-corrected chi connectivity index (χ3v) is 6.70. The number of ether oxygens (including phenoxy) is 1. The van der Waals surface area contributed by atoms with Crippen molar-refractivity contribution in [1.82, 2.24) is 0 Å². The molecule has 0 spiro atoms. The Morgan fingerprint density at radius 2 is 1.83 bits per heavy atom. The van der Waals surface area contributed by atoms with Crippen molar-refractivity contribution < 1.29 is 26.7 Å². The van der Waals surface area contributed by atoms with Gasteiger partial charge >= 0.3 is 6.36 Å². The van der Waals surface area contributed by atoms with E-state index >= 15 is 4.39 Å². The van der Waals surface area contributed by atoms with E-state index in [4.69, 9.17) is 0 Å². The molecule has 4 rings (SSSR count). The third kappa shape index (κ3) is 4.19. The van der Waals surface area contributed by atoms with Crippen LogP contribution in [-0.2, 0) is 6.42 Å². The second kappa shape index (κ2) is 8.20. The summed E-state index contributed by atoms with van der Waals surface area (Å²) in [6, 6.07) is 6.61. The average Bonchev–Trinajstić information content (AvgIpc) is 2.69. The second-order valence-corrected chi connectivity index (χ2v) is 8.56. The van der Waals surface area contributed by atoms with Gasteiger partial charge in [0.1, 0.15) is 5.82 Å². The molecular formula is C24H25F5O. The lowest BCUT2D eigenvalue weighted by molar-refractivity contribution is -0.275. The molecule has 162 valence electrons. The highest BCUT2D eigenvalue weighted by Gasteiger charge is 2.36. The van der Waals surface area contributed by atoms with Crippen LogP contribution in [0.3, 0.4) is 0 Å². The minimum atomic E-state index is -4.98. The van der Waals surface area contributed by atoms with Crippen LogP contribution in [0.1, 0.15) is 62.5 Å². The van der Waals surface area contributed by atoms with Crippen molar-refractivity contribution in [2.24, 2.45) is 11.8 Å². The van der Waals surface area contributed by atoms with Gasteiger partial charge in [0.05, 0.1) is 0 Å². The van der Waals surface area contributed by atoms with Crippen LogP contribution in [0.25, 0.3) is 11.1 Å². The van der Waals surface area contributed by atoms with E-state index in [1.165, 1.54) is 31.7 Å². The first-order chi connectivity index (χ1) is 14.3. The zero-order chi connectivity index (χ0) is 21.5. The smallest absolute Gasteiger partial charge is 0.403 e. The zero-order valence-electron chi connectivity index (χ0n) is 16.9. The molecule has 0 radical (unpaired) electrons. The van der Waals surface area contributed by atoms with Crippen LogP contribution < -0.4 is 4.74 Å². The molecule has 0 aliphatic heterocycles. The van der Waals surface area contributed by atoms with Crippen molar-refractivity contribution in [2.75, 3.05) is 0 Å². The fourth-order valence-corrected chi connectivity index (χ4v) is 5.43. The fraction of sp³-hybridized carbons (Fsp3) is 0.500. The molecular weight excluding hydrogens is 399 g/mol. The van der Waals surface area contributed by atoms with Crippen LogP contribution in [0.15, 0.2) is 30.3 Å². The van der Waals surface area contributed by atoms with Crippen LogP contribution in [0.4, 0.5) is 22.0 Å². The van der Waals surface area contributed by atoms with Gasteiger partial charge in [-0.05, 0) is 78.7 Å². The second-order valence-electron chi connectivity index (χ2n) is 8.56. The molecule has 30 heavy (non-hydrogen) atoms. The molecule has 1 fully saturated rings. The van der Waals surface area contributed by atoms with E-state index in [2.05, 4.69) is 11.7 Å². The van der Waals surface area contributed by atoms with E-state index in [9.17, 15) is 17.6 Å². The molecule has 0 bridgehead atoms. The number of alkyl halides is 3. The van der Waals surface area contributed by atoms with Gasteiger partial charge < -0.3 is 4.74 Å². The van der Waals surface area contributed by atoms with Crippen molar-refractivity contribution in [3.63, 3.8) is 0 Å². The summed E-state index contributed by atoms with van der Waals surface area (Å²) in [5, 5.41) is 0. The highest BCUT2D eigenvalue weighted by molar-refractivity contribution is 5.67. The van der Waals surface area contributed by atoms with Gasteiger partial charge in [-0.15, -0.1) is 13.2 Å². The lowest BCUT2D eigenvalue weighted by Gasteiger charge is -2.41. The Morgan fingerprint density at radius 1 is 1.03 bits per heavy atom. The van der Waals surface area contributed by atoms with Crippen molar-refractivity contribution >= 4 is 0 Å². The SMILES string of the molecule is CCCC1CCC2c3ccc(-c4ccc(OC(F)(F)F)c(F)c4)c(F)c3CCC2C1. The van der Waals surface area contributed by atoms with Gasteiger partial charge in [-0.1, -0.05) is 38.0 Å². The molecule has 3 unspecified atom stereocenters. The normalized spacial score (nSPS) is 23.6. The molecule has 0 N–H and O–H groups in total. The maximum atomic E-state index is 15.4. The highest BCUT2D eigenvalue weighted by Crippen LogP contribution is 2.49. The maximum Gasteiger partial charge on any atom is 0.573 e. The Hall–Kier alpha value is -2.11. The molecule has 0 aromatic heterocycles. The van der Waals surface area contributed by atoms with Gasteiger partial charge in [0, 0.05) is 5.56 Å². The molecule has 0 heterocycles. The third-order valence-electron chi connectivity index (χ3n) is 6.70. The standard InChI is InChI=1S/C24H25F5O/c1-2-3-14-4-7-17-15(12-14)5-8-20-19(17)10-9-18(23(20)26)16-6-11-22(21(25)13-16)30-24(27,28)29/h6,9-11,13-15,17H,2-5,7-8,12H2,1H3. The van der Waals surface area contributed by atoms with Gasteiger partial charge in [-0.3, -0.25) is 0 Å². The lowest BCUT2D eigenvalue weighted by atomic mass is 9.64. The predicted molar refractivity (Wildman–Crippen MR) is 105 cm³/mol. The van der Waals surface area contributed by atoms with E-state index in [1.54, 1.807) is 6.07 Å². The molecule has 3 atom stereocenters. The van der Waals surface area contributed by atoms with E-state index in [-0.39, 0.29) is 16.9 Å². The average molecular weight is 424 g/mol. The number of hydrogen-bond donors (Lipinski definition) is 0. The van der Waals surface area contributed by atoms with Crippen molar-refractivity contribution in [3.05, 3.63) is 53.1 Å². The monoisotopic (exact) mass is 424 g/mol. The molecule has 2 aromatic rings. The molecule has 2 aromatic carbocycles. The number of fused-ring (bicyclic) bond motifs is 3. The largest absolute Gasteiger partial charge is 0.573 e. The number of halogens is 5. The molecule has 0 amide bonds. The van der Waals surface area contributed by atoms with Crippen molar-refractivity contribution in [2.45, 2.75) is 64.1 Å². The summed E-state index contributed by atoms with van der Waals surface area (Å²) >= 11 is 0. The molecule has 2 aliphatic rings. The van der Waals surface area contributed by atoms with E-state index in [1.807, 2.05) is 6.07 Å². The van der Waals surface area contributed by atoms with Crippen LogP contribution in [-0.4, -0.2) is 6.36 Å². The Kier molecular flexibility index (Phi) is 5.78. The minimum absolute atomic E-state index is 0.205. The number of hydrogen-bond acceptors (Lipinski definition) is 1. The summed E-state index contributed by atoms with van der Waals surface area (Å²) in [7, 11) is 0. The fourth-order valence-electron chi connectivity index (χ4n) is 5.43. The van der Waals surface area contributed by atoms with Crippen LogP contribution in [0, 0.1) is 23.5 Å². The lowest BCUT2D eigenvalue weighted by Crippen LogP contribution is -2.28. The summed E-state index contributed by atoms with van der Waals surface area (Å²) in [6.45, 7) is 2.21. The molecule has 2 aliphatic carbocycles. The first-order valence-corrected chi connectivity index (χ1v) is 10.6. The van der Waals surface area contributed by atoms with E-state index < -0.39 is 17.9 Å². The van der Waals surface area contributed by atoms with Gasteiger partial charge in [-0.2, -0.15) is 0 Å². The van der Waals surface area contributed by atoms with Gasteiger partial charge in [0.15, 0.2) is 11.6 Å². The quantitative estimate of drug-likeness (QED) is 0.456. The summed E-state index contributed by atoms with van der Waals surface area (Å²) in [5.74, 6) is -0.755. The molecule has 1 nitrogen and oxygen atoms in total. The topological polar surface area (TPSA) is 9.23 Å². The first-order valence-electron chi connectivity index (χ1n) is 10.6. The predicted octanol–water partition coefficient (Wildman–Crippen LogP) is 7.78. The number of rotatable bonds is 4. The maximum absolute atomic E-state index is 15.4. The Bertz CT molecular complexity index is 921. The number of benzene rings is 2. The van der Waals surface area contributed by atoms with Gasteiger partial charge in [-0.25, -0.2) is 8.78 Å². The Balaban J connectivity index is 1.61. The van der Waals surface area contributed by atoms with Crippen LogP contribution in [0.2, 0.25) is 0 Å². The Labute approximate surface area is 173 Å². The highest BCUT2D eigenvalue weighted by atomic mass is 19.4. The van der Waals surface area contributed by atoms with Crippen LogP contribution >= 0.6 is 0 Å². The summed E-state index contributed by atoms with van der Waals surface area (Å²) in [4.78, 5) is 0. The zero-order valence-corrected chi connectivity index (χ0v) is 16.9. The minimum Gasteiger partial charge on any atom is -0.403 e. The molecule has 0 saturated heterocycles. The molecule has 6 heteroatoms. The van der Waals surface area contributed by atoms with Crippen LogP contribution in [0.5, 0.6) is 5.75 Å². The van der Waals surface area contributed by atoms with Crippen molar-refractivity contribution in [3.8, 4) is 16.9 Å². The summed E-state index contributed by atoms with van der Waals surface area (Å²) in [5.41, 5.74) is 2.15. The summed E-state index contributed by atoms with van der Waals surface area (Å²) < 4.78 is 70.2. The van der Waals surface area contributed by atoms with E-state index in [0.717, 1.165) is 36.5 Å². The van der Waals surface area contributed by atoms with Gasteiger partial charge in [0.25, 0.3) is 0 Å². The molecule has 1 saturated carbocycles.